The van der Waals surface area contributed by atoms with Crippen molar-refractivity contribution in [1.82, 2.24) is 0 Å². The van der Waals surface area contributed by atoms with E-state index in [9.17, 15) is 5.11 Å². The minimum atomic E-state index is -0.432. The largest absolute Gasteiger partial charge is 0.614 e. The summed E-state index contributed by atoms with van der Waals surface area (Å²) < 4.78 is 4.53. The van der Waals surface area contributed by atoms with Gasteiger partial charge in [0.2, 0.25) is 0 Å². The Hall–Kier alpha value is -0.660. The van der Waals surface area contributed by atoms with Gasteiger partial charge in [-0.3, -0.25) is 0 Å². The van der Waals surface area contributed by atoms with Gasteiger partial charge in [0.05, 0.1) is 0 Å². The van der Waals surface area contributed by atoms with E-state index in [2.05, 4.69) is 11.3 Å². The highest BCUT2D eigenvalue weighted by Crippen LogP contribution is 1.89. The standard InChI is InChI=1S/C6H12O2/c1-3-4-5-8-6(2)7/h7H,2-5H2,1H3/p-1. The van der Waals surface area contributed by atoms with Gasteiger partial charge in [-0.05, 0) is 13.0 Å². The van der Waals surface area contributed by atoms with Gasteiger partial charge in [-0.15, -0.1) is 0 Å². The van der Waals surface area contributed by atoms with E-state index in [4.69, 9.17) is 0 Å². The second kappa shape index (κ2) is 4.50. The van der Waals surface area contributed by atoms with E-state index in [1.807, 2.05) is 6.92 Å². The Morgan fingerprint density at radius 3 is 2.75 bits per heavy atom. The first-order chi connectivity index (χ1) is 3.77. The second-order valence-electron chi connectivity index (χ2n) is 1.57. The fraction of sp³-hybridized carbons (Fsp3) is 0.667. The molecule has 0 unspecified atom stereocenters. The van der Waals surface area contributed by atoms with Crippen molar-refractivity contribution in [3.63, 3.8) is 0 Å². The summed E-state index contributed by atoms with van der Waals surface area (Å²) in [7, 11) is 0. The highest BCUT2D eigenvalue weighted by molar-refractivity contribution is 4.58. The smallest absolute Gasteiger partial charge is 0.0438 e. The predicted octanol–water partition coefficient (Wildman–Crippen LogP) is 0.635. The molecule has 0 aromatic carbocycles. The molecule has 0 aliphatic carbocycles. The molecule has 0 aromatic heterocycles. The minimum absolute atomic E-state index is 0.432. The lowest BCUT2D eigenvalue weighted by molar-refractivity contribution is -0.356. The summed E-state index contributed by atoms with van der Waals surface area (Å²) in [4.78, 5) is 0. The zero-order chi connectivity index (χ0) is 6.41. The Morgan fingerprint density at radius 1 is 1.75 bits per heavy atom. The quantitative estimate of drug-likeness (QED) is 0.397. The number of rotatable bonds is 4. The van der Waals surface area contributed by atoms with Gasteiger partial charge in [0.15, 0.2) is 0 Å². The Labute approximate surface area is 49.8 Å². The van der Waals surface area contributed by atoms with Crippen molar-refractivity contribution in [3.8, 4) is 0 Å². The van der Waals surface area contributed by atoms with Crippen LogP contribution in [0.25, 0.3) is 0 Å². The summed E-state index contributed by atoms with van der Waals surface area (Å²) in [6, 6.07) is 0. The third-order valence-electron chi connectivity index (χ3n) is 0.761. The summed E-state index contributed by atoms with van der Waals surface area (Å²) in [6.07, 6.45) is 1.98. The average molecular weight is 115 g/mol. The average Bonchev–Trinajstić information content (AvgIpc) is 1.66. The number of ether oxygens (including phenoxy) is 1. The van der Waals surface area contributed by atoms with Crippen LogP contribution in [0.15, 0.2) is 12.5 Å². The van der Waals surface area contributed by atoms with Gasteiger partial charge >= 0.3 is 0 Å². The van der Waals surface area contributed by atoms with E-state index in [0.717, 1.165) is 12.8 Å². The highest BCUT2D eigenvalue weighted by atomic mass is 16.6. The molecule has 0 N–H and O–H groups in total. The molecule has 0 bridgehead atoms. The topological polar surface area (TPSA) is 32.3 Å². The Bertz CT molecular complexity index is 68.9. The first kappa shape index (κ1) is 7.34. The molecule has 0 aliphatic heterocycles. The summed E-state index contributed by atoms with van der Waals surface area (Å²) in [5.74, 6) is -0.432. The monoisotopic (exact) mass is 115 g/mol. The minimum Gasteiger partial charge on any atom is -0.614 e. The Morgan fingerprint density at radius 2 is 2.38 bits per heavy atom. The Kier molecular flexibility index (Phi) is 4.13. The molecule has 2 nitrogen and oxygen atoms in total. The lowest BCUT2D eigenvalue weighted by Gasteiger charge is -2.11. The molecule has 48 valence electrons. The summed E-state index contributed by atoms with van der Waals surface area (Å²) in [5.41, 5.74) is 0. The molecular weight excluding hydrogens is 104 g/mol. The third kappa shape index (κ3) is 5.34. The second-order valence-corrected chi connectivity index (χ2v) is 1.57. The maximum absolute atomic E-state index is 9.99. The van der Waals surface area contributed by atoms with Crippen molar-refractivity contribution in [3.05, 3.63) is 12.5 Å². The van der Waals surface area contributed by atoms with Crippen LogP contribution in [-0.2, 0) is 4.74 Å². The van der Waals surface area contributed by atoms with Crippen LogP contribution in [0.3, 0.4) is 0 Å². The third-order valence-corrected chi connectivity index (χ3v) is 0.761. The van der Waals surface area contributed by atoms with E-state index in [1.54, 1.807) is 0 Å². The van der Waals surface area contributed by atoms with Gasteiger partial charge in [-0.25, -0.2) is 0 Å². The zero-order valence-electron chi connectivity index (χ0n) is 5.14. The van der Waals surface area contributed by atoms with Gasteiger partial charge in [-0.2, -0.15) is 0 Å². The summed E-state index contributed by atoms with van der Waals surface area (Å²) >= 11 is 0. The van der Waals surface area contributed by atoms with E-state index < -0.39 is 5.95 Å². The zero-order valence-corrected chi connectivity index (χ0v) is 5.14. The van der Waals surface area contributed by atoms with Crippen LogP contribution < -0.4 is 5.11 Å². The number of hydrogen-bond acceptors (Lipinski definition) is 2. The first-order valence-electron chi connectivity index (χ1n) is 2.76. The van der Waals surface area contributed by atoms with Gasteiger partial charge < -0.3 is 9.84 Å². The molecule has 0 rings (SSSR count). The van der Waals surface area contributed by atoms with Crippen LogP contribution >= 0.6 is 0 Å². The summed E-state index contributed by atoms with van der Waals surface area (Å²) in [5, 5.41) is 9.99. The van der Waals surface area contributed by atoms with Crippen molar-refractivity contribution in [1.29, 1.82) is 0 Å². The van der Waals surface area contributed by atoms with Gasteiger partial charge in [-0.1, -0.05) is 19.9 Å². The molecule has 8 heavy (non-hydrogen) atoms. The van der Waals surface area contributed by atoms with Gasteiger partial charge in [0.1, 0.15) is 0 Å². The van der Waals surface area contributed by atoms with E-state index in [-0.39, 0.29) is 0 Å². The molecule has 0 saturated carbocycles. The van der Waals surface area contributed by atoms with Crippen molar-refractivity contribution in [2.75, 3.05) is 6.61 Å². The lowest BCUT2D eigenvalue weighted by atomic mass is 10.4. The van der Waals surface area contributed by atoms with Crippen molar-refractivity contribution >= 4 is 0 Å². The summed E-state index contributed by atoms with van der Waals surface area (Å²) in [6.45, 7) is 5.60. The molecule has 0 spiro atoms. The molecule has 0 amide bonds. The molecule has 2 heteroatoms. The van der Waals surface area contributed by atoms with Crippen LogP contribution in [0.2, 0.25) is 0 Å². The maximum atomic E-state index is 9.99. The SMILES string of the molecule is C=C([O-])OCCCC. The van der Waals surface area contributed by atoms with Gasteiger partial charge in [0.25, 0.3) is 0 Å². The fourth-order valence-corrected chi connectivity index (χ4v) is 0.330. The molecule has 0 aliphatic rings. The number of unbranched alkanes of at least 4 members (excludes halogenated alkanes) is 1. The lowest BCUT2D eigenvalue weighted by Crippen LogP contribution is -2.06. The van der Waals surface area contributed by atoms with Crippen molar-refractivity contribution < 1.29 is 9.84 Å². The predicted molar refractivity (Wildman–Crippen MR) is 30.0 cm³/mol. The fourth-order valence-electron chi connectivity index (χ4n) is 0.330. The van der Waals surface area contributed by atoms with Crippen LogP contribution in [0.5, 0.6) is 0 Å². The molecular formula is C6H11O2-. The molecule has 0 aromatic rings. The first-order valence-corrected chi connectivity index (χ1v) is 2.76. The molecule has 0 saturated heterocycles. The van der Waals surface area contributed by atoms with Crippen LogP contribution in [-0.4, -0.2) is 6.61 Å². The molecule has 0 radical (unpaired) electrons. The van der Waals surface area contributed by atoms with Crippen LogP contribution in [0.1, 0.15) is 19.8 Å². The van der Waals surface area contributed by atoms with E-state index >= 15 is 0 Å². The molecule has 0 fully saturated rings. The molecule has 0 heterocycles. The normalized spacial score (nSPS) is 8.62. The highest BCUT2D eigenvalue weighted by Gasteiger charge is 1.75. The maximum Gasteiger partial charge on any atom is 0.0438 e. The van der Waals surface area contributed by atoms with E-state index in [1.165, 1.54) is 0 Å². The number of hydrogen-bond donors (Lipinski definition) is 0. The van der Waals surface area contributed by atoms with Crippen LogP contribution in [0, 0.1) is 0 Å². The van der Waals surface area contributed by atoms with Gasteiger partial charge in [0, 0.05) is 5.95 Å². The van der Waals surface area contributed by atoms with E-state index in [0.29, 0.717) is 6.61 Å². The van der Waals surface area contributed by atoms with Crippen molar-refractivity contribution in [2.45, 2.75) is 19.8 Å². The van der Waals surface area contributed by atoms with Crippen LogP contribution in [0.4, 0.5) is 0 Å². The molecule has 0 atom stereocenters. The van der Waals surface area contributed by atoms with Crippen molar-refractivity contribution in [2.24, 2.45) is 0 Å². The Balaban J connectivity index is 2.82.